The molecule has 1 unspecified atom stereocenters. The highest BCUT2D eigenvalue weighted by Crippen LogP contribution is 2.21. The van der Waals surface area contributed by atoms with Crippen LogP contribution in [0.15, 0.2) is 23.1 Å². The van der Waals surface area contributed by atoms with Gasteiger partial charge >= 0.3 is 0 Å². The van der Waals surface area contributed by atoms with Crippen molar-refractivity contribution in [3.05, 3.63) is 24.0 Å². The normalized spacial score (nSPS) is 13.7. The molecule has 1 aromatic carbocycles. The van der Waals surface area contributed by atoms with Crippen molar-refractivity contribution < 1.29 is 12.8 Å². The largest absolute Gasteiger partial charge is 0.396 e. The van der Waals surface area contributed by atoms with Crippen LogP contribution >= 0.6 is 0 Å². The van der Waals surface area contributed by atoms with Crippen LogP contribution in [0.4, 0.5) is 10.1 Å². The third-order valence-electron chi connectivity index (χ3n) is 3.17. The Morgan fingerprint density at radius 2 is 2.00 bits per heavy atom. The van der Waals surface area contributed by atoms with Gasteiger partial charge in [0.15, 0.2) is 0 Å². The van der Waals surface area contributed by atoms with Crippen molar-refractivity contribution >= 4 is 15.7 Å². The predicted octanol–water partition coefficient (Wildman–Crippen LogP) is 2.46. The molecule has 6 heteroatoms. The summed E-state index contributed by atoms with van der Waals surface area (Å²) in [7, 11) is -3.66. The van der Waals surface area contributed by atoms with Gasteiger partial charge in [0.2, 0.25) is 10.0 Å². The number of nitrogens with two attached hydrogens (primary N) is 1. The average Bonchev–Trinajstić information content (AvgIpc) is 2.38. The van der Waals surface area contributed by atoms with Gasteiger partial charge in [0, 0.05) is 13.1 Å². The number of nitrogen functional groups attached to an aromatic ring is 1. The van der Waals surface area contributed by atoms with Gasteiger partial charge in [-0.05, 0) is 24.1 Å². The molecule has 0 radical (unpaired) electrons. The molecule has 0 heterocycles. The standard InChI is InChI=1S/C13H21FN2O2S/c1-4-10(3)9-16(5-2)19(17,18)11-6-7-13(15)12(14)8-11/h6-8,10H,4-5,9,15H2,1-3H3. The van der Waals surface area contributed by atoms with Gasteiger partial charge in [-0.25, -0.2) is 12.8 Å². The summed E-state index contributed by atoms with van der Waals surface area (Å²) in [5.74, 6) is -0.450. The van der Waals surface area contributed by atoms with E-state index in [2.05, 4.69) is 0 Å². The molecule has 0 bridgehead atoms. The van der Waals surface area contributed by atoms with Crippen LogP contribution in [-0.2, 0) is 10.0 Å². The Morgan fingerprint density at radius 1 is 1.37 bits per heavy atom. The summed E-state index contributed by atoms with van der Waals surface area (Å²) < 4.78 is 39.6. The number of hydrogen-bond donors (Lipinski definition) is 1. The van der Waals surface area contributed by atoms with Crippen LogP contribution in [0.2, 0.25) is 0 Å². The molecule has 0 saturated heterocycles. The zero-order valence-electron chi connectivity index (χ0n) is 11.6. The van der Waals surface area contributed by atoms with E-state index in [0.717, 1.165) is 12.5 Å². The molecule has 4 nitrogen and oxygen atoms in total. The summed E-state index contributed by atoms with van der Waals surface area (Å²) in [5.41, 5.74) is 5.31. The number of nitrogens with zero attached hydrogens (tertiary/aromatic N) is 1. The molecule has 0 aliphatic heterocycles. The minimum Gasteiger partial charge on any atom is -0.396 e. The minimum atomic E-state index is -3.66. The first-order valence-electron chi connectivity index (χ1n) is 6.38. The number of anilines is 1. The summed E-state index contributed by atoms with van der Waals surface area (Å²) in [6.07, 6.45) is 0.891. The molecule has 0 aliphatic rings. The summed E-state index contributed by atoms with van der Waals surface area (Å²) in [6, 6.07) is 3.59. The Balaban J connectivity index is 3.09. The molecule has 0 saturated carbocycles. The molecule has 0 amide bonds. The Morgan fingerprint density at radius 3 is 2.47 bits per heavy atom. The fraction of sp³-hybridized carbons (Fsp3) is 0.538. The van der Waals surface area contributed by atoms with Gasteiger partial charge in [-0.3, -0.25) is 0 Å². The molecule has 0 aliphatic carbocycles. The van der Waals surface area contributed by atoms with Crippen LogP contribution in [0.5, 0.6) is 0 Å². The van der Waals surface area contributed by atoms with Crippen LogP contribution in [0.1, 0.15) is 27.2 Å². The second kappa shape index (κ2) is 6.34. The van der Waals surface area contributed by atoms with Crippen molar-refractivity contribution in [1.29, 1.82) is 0 Å². The topological polar surface area (TPSA) is 63.4 Å². The highest BCUT2D eigenvalue weighted by atomic mass is 32.2. The van der Waals surface area contributed by atoms with E-state index in [1.54, 1.807) is 6.92 Å². The number of hydrogen-bond acceptors (Lipinski definition) is 3. The van der Waals surface area contributed by atoms with Crippen molar-refractivity contribution in [3.63, 3.8) is 0 Å². The molecule has 19 heavy (non-hydrogen) atoms. The second-order valence-electron chi connectivity index (χ2n) is 4.65. The third kappa shape index (κ3) is 3.67. The first-order chi connectivity index (χ1) is 8.82. The fourth-order valence-corrected chi connectivity index (χ4v) is 3.27. The molecule has 108 valence electrons. The molecule has 1 rings (SSSR count). The first kappa shape index (κ1) is 15.9. The number of sulfonamides is 1. The maximum Gasteiger partial charge on any atom is 0.243 e. The van der Waals surface area contributed by atoms with Crippen molar-refractivity contribution in [2.45, 2.75) is 32.1 Å². The van der Waals surface area contributed by atoms with Crippen LogP contribution in [0.25, 0.3) is 0 Å². The minimum absolute atomic E-state index is 0.0515. The first-order valence-corrected chi connectivity index (χ1v) is 7.82. The summed E-state index contributed by atoms with van der Waals surface area (Å²) in [6.45, 7) is 6.56. The van der Waals surface area contributed by atoms with Gasteiger partial charge in [0.05, 0.1) is 10.6 Å². The molecular formula is C13H21FN2O2S. The van der Waals surface area contributed by atoms with Crippen LogP contribution in [-0.4, -0.2) is 25.8 Å². The molecule has 1 atom stereocenters. The van der Waals surface area contributed by atoms with Gasteiger partial charge < -0.3 is 5.73 Å². The van der Waals surface area contributed by atoms with Crippen LogP contribution < -0.4 is 5.73 Å². The van der Waals surface area contributed by atoms with Gasteiger partial charge in [0.1, 0.15) is 5.82 Å². The van der Waals surface area contributed by atoms with E-state index in [1.807, 2.05) is 13.8 Å². The van der Waals surface area contributed by atoms with E-state index in [0.29, 0.717) is 13.1 Å². The van der Waals surface area contributed by atoms with Crippen molar-refractivity contribution in [1.82, 2.24) is 4.31 Å². The lowest BCUT2D eigenvalue weighted by Crippen LogP contribution is -2.34. The maximum atomic E-state index is 13.4. The quantitative estimate of drug-likeness (QED) is 0.818. The highest BCUT2D eigenvalue weighted by molar-refractivity contribution is 7.89. The molecule has 2 N–H and O–H groups in total. The summed E-state index contributed by atoms with van der Waals surface area (Å²) in [4.78, 5) is -0.0515. The van der Waals surface area contributed by atoms with Gasteiger partial charge in [-0.2, -0.15) is 4.31 Å². The van der Waals surface area contributed by atoms with Crippen LogP contribution in [0.3, 0.4) is 0 Å². The molecule has 0 aromatic heterocycles. The Labute approximate surface area is 114 Å². The van der Waals surface area contributed by atoms with E-state index in [4.69, 9.17) is 5.73 Å². The lowest BCUT2D eigenvalue weighted by Gasteiger charge is -2.23. The fourth-order valence-electron chi connectivity index (χ4n) is 1.69. The average molecular weight is 288 g/mol. The monoisotopic (exact) mass is 288 g/mol. The summed E-state index contributed by atoms with van der Waals surface area (Å²) >= 11 is 0. The second-order valence-corrected chi connectivity index (χ2v) is 6.59. The van der Waals surface area contributed by atoms with Gasteiger partial charge in [0.25, 0.3) is 0 Å². The predicted molar refractivity (Wildman–Crippen MR) is 74.7 cm³/mol. The van der Waals surface area contributed by atoms with Crippen molar-refractivity contribution in [2.24, 2.45) is 5.92 Å². The Bertz CT molecular complexity index is 531. The zero-order valence-corrected chi connectivity index (χ0v) is 12.4. The number of halogens is 1. The van der Waals surface area contributed by atoms with E-state index < -0.39 is 15.8 Å². The smallest absolute Gasteiger partial charge is 0.243 e. The van der Waals surface area contributed by atoms with Gasteiger partial charge in [-0.15, -0.1) is 0 Å². The van der Waals surface area contributed by atoms with Crippen molar-refractivity contribution in [2.75, 3.05) is 18.8 Å². The molecule has 1 aromatic rings. The zero-order chi connectivity index (χ0) is 14.6. The lowest BCUT2D eigenvalue weighted by molar-refractivity contribution is 0.361. The van der Waals surface area contributed by atoms with Crippen molar-refractivity contribution in [3.8, 4) is 0 Å². The third-order valence-corrected chi connectivity index (χ3v) is 5.11. The lowest BCUT2D eigenvalue weighted by atomic mass is 10.1. The molecule has 0 spiro atoms. The maximum absolute atomic E-state index is 13.4. The van der Waals surface area contributed by atoms with E-state index in [9.17, 15) is 12.8 Å². The SMILES string of the molecule is CCC(C)CN(CC)S(=O)(=O)c1ccc(N)c(F)c1. The van der Waals surface area contributed by atoms with Gasteiger partial charge in [-0.1, -0.05) is 27.2 Å². The highest BCUT2D eigenvalue weighted by Gasteiger charge is 2.24. The number of benzene rings is 1. The Kier molecular flexibility index (Phi) is 5.31. The molecular weight excluding hydrogens is 267 g/mol. The van der Waals surface area contributed by atoms with E-state index in [1.165, 1.54) is 16.4 Å². The van der Waals surface area contributed by atoms with E-state index >= 15 is 0 Å². The van der Waals surface area contributed by atoms with Crippen LogP contribution in [0, 0.1) is 11.7 Å². The number of rotatable bonds is 6. The molecule has 0 fully saturated rings. The van der Waals surface area contributed by atoms with E-state index in [-0.39, 0.29) is 16.5 Å². The Hall–Kier alpha value is -1.14. The summed E-state index contributed by atoms with van der Waals surface area (Å²) in [5, 5.41) is 0.